The van der Waals surface area contributed by atoms with Crippen LogP contribution in [0.1, 0.15) is 0 Å². The van der Waals surface area contributed by atoms with Gasteiger partial charge in [0.15, 0.2) is 5.82 Å². The Morgan fingerprint density at radius 2 is 2.08 bits per heavy atom. The zero-order valence-corrected chi connectivity index (χ0v) is 13.0. The van der Waals surface area contributed by atoms with E-state index in [-0.39, 0.29) is 22.7 Å². The van der Waals surface area contributed by atoms with Crippen molar-refractivity contribution in [3.05, 3.63) is 46.5 Å². The van der Waals surface area contributed by atoms with E-state index in [2.05, 4.69) is 15.1 Å². The number of aromatic nitrogens is 4. The summed E-state index contributed by atoms with van der Waals surface area (Å²) < 4.78 is 20.8. The van der Waals surface area contributed by atoms with Crippen LogP contribution in [-0.4, -0.2) is 50.8 Å². The van der Waals surface area contributed by atoms with Gasteiger partial charge in [0.2, 0.25) is 0 Å². The standard InChI is InChI=1S/C15H13FN6O3/c16-12-2-1-10(22(23)24)7-11(12)13-9-21-15(18-13)17-8-14(19-21)20-3-5-25-6-4-20/h1-2,7-9H,3-6H2. The van der Waals surface area contributed by atoms with E-state index in [0.717, 1.165) is 18.2 Å². The number of rotatable bonds is 3. The van der Waals surface area contributed by atoms with Crippen molar-refractivity contribution in [1.29, 1.82) is 0 Å². The van der Waals surface area contributed by atoms with Crippen molar-refractivity contribution >= 4 is 17.3 Å². The van der Waals surface area contributed by atoms with E-state index in [0.29, 0.717) is 32.1 Å². The molecule has 9 nitrogen and oxygen atoms in total. The lowest BCUT2D eigenvalue weighted by Gasteiger charge is -2.27. The molecule has 0 atom stereocenters. The highest BCUT2D eigenvalue weighted by Gasteiger charge is 2.17. The molecular formula is C15H13FN6O3. The normalized spacial score (nSPS) is 14.8. The van der Waals surface area contributed by atoms with E-state index in [1.54, 1.807) is 6.20 Å². The van der Waals surface area contributed by atoms with Gasteiger partial charge >= 0.3 is 0 Å². The van der Waals surface area contributed by atoms with Gasteiger partial charge in [0, 0.05) is 30.8 Å². The zero-order valence-electron chi connectivity index (χ0n) is 13.0. The quantitative estimate of drug-likeness (QED) is 0.526. The third kappa shape index (κ3) is 2.87. The Kier molecular flexibility index (Phi) is 3.73. The third-order valence-electron chi connectivity index (χ3n) is 3.95. The highest BCUT2D eigenvalue weighted by molar-refractivity contribution is 5.65. The second-order valence-corrected chi connectivity index (χ2v) is 5.51. The highest BCUT2D eigenvalue weighted by atomic mass is 19.1. The van der Waals surface area contributed by atoms with Gasteiger partial charge in [-0.1, -0.05) is 0 Å². The van der Waals surface area contributed by atoms with Crippen molar-refractivity contribution in [2.75, 3.05) is 31.2 Å². The van der Waals surface area contributed by atoms with Gasteiger partial charge in [-0.15, -0.1) is 5.10 Å². The molecule has 2 aromatic heterocycles. The minimum absolute atomic E-state index is 0.0365. The summed E-state index contributed by atoms with van der Waals surface area (Å²) in [5.74, 6) is 0.361. The molecule has 10 heteroatoms. The first kappa shape index (κ1) is 15.4. The summed E-state index contributed by atoms with van der Waals surface area (Å²) in [6.07, 6.45) is 3.11. The fraction of sp³-hybridized carbons (Fsp3) is 0.267. The van der Waals surface area contributed by atoms with Crippen LogP contribution in [0, 0.1) is 15.9 Å². The Bertz CT molecular complexity index is 954. The van der Waals surface area contributed by atoms with Crippen molar-refractivity contribution < 1.29 is 14.1 Å². The van der Waals surface area contributed by atoms with Crippen LogP contribution < -0.4 is 4.90 Å². The molecular weight excluding hydrogens is 331 g/mol. The molecule has 0 aliphatic carbocycles. The maximum Gasteiger partial charge on any atom is 0.270 e. The molecule has 0 N–H and O–H groups in total. The predicted octanol–water partition coefficient (Wildman–Crippen LogP) is 1.68. The summed E-state index contributed by atoms with van der Waals surface area (Å²) >= 11 is 0. The van der Waals surface area contributed by atoms with Crippen LogP contribution in [0.4, 0.5) is 15.9 Å². The number of morpholine rings is 1. The summed E-state index contributed by atoms with van der Waals surface area (Å²) in [7, 11) is 0. The fourth-order valence-electron chi connectivity index (χ4n) is 2.66. The van der Waals surface area contributed by atoms with Gasteiger partial charge in [-0.3, -0.25) is 10.1 Å². The first-order valence-corrected chi connectivity index (χ1v) is 7.61. The monoisotopic (exact) mass is 344 g/mol. The molecule has 1 aliphatic heterocycles. The molecule has 0 radical (unpaired) electrons. The van der Waals surface area contributed by atoms with Crippen LogP contribution in [0.2, 0.25) is 0 Å². The number of non-ortho nitro benzene ring substituents is 1. The number of hydrogen-bond donors (Lipinski definition) is 0. The van der Waals surface area contributed by atoms with E-state index in [4.69, 9.17) is 4.74 Å². The molecule has 25 heavy (non-hydrogen) atoms. The largest absolute Gasteiger partial charge is 0.378 e. The highest BCUT2D eigenvalue weighted by Crippen LogP contribution is 2.26. The van der Waals surface area contributed by atoms with Crippen LogP contribution in [0.5, 0.6) is 0 Å². The van der Waals surface area contributed by atoms with Gasteiger partial charge in [-0.05, 0) is 6.07 Å². The molecule has 0 saturated carbocycles. The van der Waals surface area contributed by atoms with E-state index in [1.165, 1.54) is 10.7 Å². The van der Waals surface area contributed by atoms with Crippen LogP contribution in [-0.2, 0) is 4.74 Å². The van der Waals surface area contributed by atoms with Crippen LogP contribution in [0.15, 0.2) is 30.6 Å². The SMILES string of the molecule is O=[N+]([O-])c1ccc(F)c(-c2cn3nc(N4CCOCC4)cnc3n2)c1. The van der Waals surface area contributed by atoms with Crippen LogP contribution in [0.3, 0.4) is 0 Å². The van der Waals surface area contributed by atoms with Gasteiger partial charge in [-0.25, -0.2) is 18.9 Å². The fourth-order valence-corrected chi connectivity index (χ4v) is 2.66. The maximum absolute atomic E-state index is 14.1. The molecule has 4 rings (SSSR count). The molecule has 3 heterocycles. The Morgan fingerprint density at radius 1 is 1.28 bits per heavy atom. The summed E-state index contributed by atoms with van der Waals surface area (Å²) in [5, 5.41) is 15.3. The Balaban J connectivity index is 1.74. The van der Waals surface area contributed by atoms with E-state index in [9.17, 15) is 14.5 Å². The van der Waals surface area contributed by atoms with Crippen LogP contribution in [0.25, 0.3) is 17.0 Å². The van der Waals surface area contributed by atoms with Gasteiger partial charge in [0.05, 0.1) is 36.2 Å². The summed E-state index contributed by atoms with van der Waals surface area (Å²) in [6, 6.07) is 3.32. The van der Waals surface area contributed by atoms with E-state index in [1.807, 2.05) is 4.90 Å². The molecule has 0 bridgehead atoms. The molecule has 0 amide bonds. The molecule has 128 valence electrons. The number of ether oxygens (including phenoxy) is 1. The van der Waals surface area contributed by atoms with Crippen molar-refractivity contribution in [3.63, 3.8) is 0 Å². The van der Waals surface area contributed by atoms with E-state index < -0.39 is 10.7 Å². The van der Waals surface area contributed by atoms with Crippen molar-refractivity contribution in [3.8, 4) is 11.3 Å². The average molecular weight is 344 g/mol. The number of nitro groups is 1. The smallest absolute Gasteiger partial charge is 0.270 e. The Morgan fingerprint density at radius 3 is 2.84 bits per heavy atom. The number of nitro benzene ring substituents is 1. The summed E-state index contributed by atoms with van der Waals surface area (Å²) in [5.41, 5.74) is 0.0677. The molecule has 1 fully saturated rings. The predicted molar refractivity (Wildman–Crippen MR) is 85.9 cm³/mol. The number of anilines is 1. The minimum Gasteiger partial charge on any atom is -0.378 e. The van der Waals surface area contributed by atoms with Gasteiger partial charge in [0.25, 0.3) is 11.5 Å². The van der Waals surface area contributed by atoms with Gasteiger partial charge < -0.3 is 9.64 Å². The minimum atomic E-state index is -0.595. The third-order valence-corrected chi connectivity index (χ3v) is 3.95. The van der Waals surface area contributed by atoms with E-state index >= 15 is 0 Å². The first-order chi connectivity index (χ1) is 12.1. The number of hydrogen-bond acceptors (Lipinski definition) is 7. The Labute approximate surface area is 140 Å². The molecule has 0 unspecified atom stereocenters. The average Bonchev–Trinajstić information content (AvgIpc) is 3.05. The van der Waals surface area contributed by atoms with Crippen LogP contribution >= 0.6 is 0 Å². The van der Waals surface area contributed by atoms with Crippen molar-refractivity contribution in [2.24, 2.45) is 0 Å². The van der Waals surface area contributed by atoms with Crippen molar-refractivity contribution in [1.82, 2.24) is 19.6 Å². The molecule has 1 aromatic carbocycles. The molecule has 1 saturated heterocycles. The zero-order chi connectivity index (χ0) is 17.4. The molecule has 3 aromatic rings. The molecule has 1 aliphatic rings. The second kappa shape index (κ2) is 6.06. The lowest BCUT2D eigenvalue weighted by Crippen LogP contribution is -2.37. The first-order valence-electron chi connectivity index (χ1n) is 7.61. The topological polar surface area (TPSA) is 98.7 Å². The number of benzene rings is 1. The number of imidazole rings is 1. The lowest BCUT2D eigenvalue weighted by molar-refractivity contribution is -0.384. The second-order valence-electron chi connectivity index (χ2n) is 5.51. The Hall–Kier alpha value is -3.14. The number of fused-ring (bicyclic) bond motifs is 1. The summed E-state index contributed by atoms with van der Waals surface area (Å²) in [4.78, 5) is 20.8. The molecule has 0 spiro atoms. The number of halogens is 1. The van der Waals surface area contributed by atoms with Crippen molar-refractivity contribution in [2.45, 2.75) is 0 Å². The summed E-state index contributed by atoms with van der Waals surface area (Å²) in [6.45, 7) is 2.66. The maximum atomic E-state index is 14.1. The van der Waals surface area contributed by atoms with Gasteiger partial charge in [0.1, 0.15) is 5.82 Å². The lowest BCUT2D eigenvalue weighted by atomic mass is 10.1. The number of nitrogens with zero attached hydrogens (tertiary/aromatic N) is 6. The van der Waals surface area contributed by atoms with Gasteiger partial charge in [-0.2, -0.15) is 0 Å².